The third-order valence-corrected chi connectivity index (χ3v) is 4.55. The molecule has 2 amide bonds. The van der Waals surface area contributed by atoms with Crippen LogP contribution < -0.4 is 10.2 Å². The van der Waals surface area contributed by atoms with Crippen LogP contribution in [0.25, 0.3) is 0 Å². The van der Waals surface area contributed by atoms with Crippen molar-refractivity contribution in [1.82, 2.24) is 10.2 Å². The minimum atomic E-state index is -0.379. The van der Waals surface area contributed by atoms with E-state index in [-0.39, 0.29) is 36.7 Å². The van der Waals surface area contributed by atoms with Crippen LogP contribution in [0.15, 0.2) is 24.3 Å². The van der Waals surface area contributed by atoms with Gasteiger partial charge < -0.3 is 15.1 Å². The average molecular weight is 338 g/mol. The number of rotatable bonds is 3. The topological polar surface area (TPSA) is 52.7 Å². The summed E-state index contributed by atoms with van der Waals surface area (Å²) in [6.07, 6.45) is 2.24. The van der Waals surface area contributed by atoms with E-state index in [1.807, 2.05) is 34.9 Å². The lowest BCUT2D eigenvalue weighted by molar-refractivity contribution is -0.137. The molecule has 0 bridgehead atoms. The van der Waals surface area contributed by atoms with E-state index in [0.717, 1.165) is 38.2 Å². The van der Waals surface area contributed by atoms with Gasteiger partial charge in [-0.3, -0.25) is 9.59 Å². The number of likely N-dealkylation sites (N-methyl/N-ethyl adjacent to an activating group) is 1. The van der Waals surface area contributed by atoms with Crippen LogP contribution in [0.1, 0.15) is 25.3 Å². The third kappa shape index (κ3) is 3.67. The third-order valence-electron chi connectivity index (χ3n) is 4.55. The van der Waals surface area contributed by atoms with Gasteiger partial charge in [0, 0.05) is 31.9 Å². The maximum absolute atomic E-state index is 12.7. The van der Waals surface area contributed by atoms with E-state index in [9.17, 15) is 9.59 Å². The number of amides is 2. The monoisotopic (exact) mass is 337 g/mol. The van der Waals surface area contributed by atoms with Gasteiger partial charge in [-0.15, -0.1) is 12.4 Å². The van der Waals surface area contributed by atoms with Gasteiger partial charge in [-0.2, -0.15) is 0 Å². The Kier molecular flexibility index (Phi) is 6.02. The molecule has 0 saturated carbocycles. The quantitative estimate of drug-likeness (QED) is 0.911. The first kappa shape index (κ1) is 17.8. The zero-order valence-electron chi connectivity index (χ0n) is 13.5. The second kappa shape index (κ2) is 7.79. The normalized spacial score (nSPS) is 20.7. The maximum Gasteiger partial charge on any atom is 0.240 e. The van der Waals surface area contributed by atoms with Crippen molar-refractivity contribution in [2.75, 3.05) is 31.1 Å². The summed E-state index contributed by atoms with van der Waals surface area (Å²) in [6, 6.07) is 7.68. The summed E-state index contributed by atoms with van der Waals surface area (Å²) < 4.78 is 0. The van der Waals surface area contributed by atoms with E-state index in [0.29, 0.717) is 6.54 Å². The Balaban J connectivity index is 0.00000192. The van der Waals surface area contributed by atoms with Gasteiger partial charge in [0.2, 0.25) is 11.8 Å². The van der Waals surface area contributed by atoms with E-state index in [1.165, 1.54) is 5.56 Å². The van der Waals surface area contributed by atoms with Gasteiger partial charge in [0.15, 0.2) is 0 Å². The number of benzene rings is 1. The first-order valence-corrected chi connectivity index (χ1v) is 8.11. The highest BCUT2D eigenvalue weighted by atomic mass is 35.5. The summed E-state index contributed by atoms with van der Waals surface area (Å²) >= 11 is 0. The Labute approximate surface area is 143 Å². The Morgan fingerprint density at radius 1 is 1.30 bits per heavy atom. The predicted molar refractivity (Wildman–Crippen MR) is 93.0 cm³/mol. The molecule has 1 atom stereocenters. The SMILES string of the molecule is CCN1CCNC(CC(=O)N2CCCc3ccccc32)C1=O.Cl. The smallest absolute Gasteiger partial charge is 0.240 e. The summed E-state index contributed by atoms with van der Waals surface area (Å²) in [5.74, 6) is 0.0864. The number of hydrogen-bond acceptors (Lipinski definition) is 3. The number of para-hydroxylation sites is 1. The summed E-state index contributed by atoms with van der Waals surface area (Å²) in [5, 5.41) is 3.19. The minimum Gasteiger partial charge on any atom is -0.340 e. The Bertz CT molecular complexity index is 579. The number of nitrogens with one attached hydrogen (secondary N) is 1. The van der Waals surface area contributed by atoms with Crippen molar-refractivity contribution in [2.24, 2.45) is 0 Å². The molecule has 2 heterocycles. The summed E-state index contributed by atoms with van der Waals surface area (Å²) in [4.78, 5) is 28.7. The number of aryl methyl sites for hydroxylation is 1. The van der Waals surface area contributed by atoms with E-state index in [1.54, 1.807) is 0 Å². The van der Waals surface area contributed by atoms with Crippen LogP contribution in [0.4, 0.5) is 5.69 Å². The number of carbonyl (C=O) groups is 2. The van der Waals surface area contributed by atoms with Crippen LogP contribution in [-0.4, -0.2) is 48.9 Å². The van der Waals surface area contributed by atoms with E-state index >= 15 is 0 Å². The number of anilines is 1. The first-order valence-electron chi connectivity index (χ1n) is 8.11. The molecule has 2 aliphatic heterocycles. The molecule has 0 aliphatic carbocycles. The summed E-state index contributed by atoms with van der Waals surface area (Å²) in [5.41, 5.74) is 2.23. The number of halogens is 1. The highest BCUT2D eigenvalue weighted by Crippen LogP contribution is 2.27. The van der Waals surface area contributed by atoms with Crippen molar-refractivity contribution in [3.8, 4) is 0 Å². The lowest BCUT2D eigenvalue weighted by atomic mass is 10.0. The molecule has 0 aromatic heterocycles. The van der Waals surface area contributed by atoms with Crippen LogP contribution in [0.2, 0.25) is 0 Å². The molecule has 2 aliphatic rings. The Morgan fingerprint density at radius 3 is 2.87 bits per heavy atom. The standard InChI is InChI=1S/C17H23N3O2.ClH/c1-2-19-11-9-18-14(17(19)22)12-16(21)20-10-5-7-13-6-3-4-8-15(13)20;/h3-4,6,8,14,18H,2,5,7,9-12H2,1H3;1H. The van der Waals surface area contributed by atoms with Gasteiger partial charge in [-0.05, 0) is 31.4 Å². The lowest BCUT2D eigenvalue weighted by Gasteiger charge is -2.34. The Hall–Kier alpha value is -1.59. The van der Waals surface area contributed by atoms with Crippen LogP contribution in [0.5, 0.6) is 0 Å². The van der Waals surface area contributed by atoms with Crippen molar-refractivity contribution in [3.63, 3.8) is 0 Å². The zero-order chi connectivity index (χ0) is 15.5. The largest absolute Gasteiger partial charge is 0.340 e. The highest BCUT2D eigenvalue weighted by Gasteiger charge is 2.31. The molecule has 1 aromatic carbocycles. The molecule has 0 radical (unpaired) electrons. The fourth-order valence-corrected chi connectivity index (χ4v) is 3.34. The van der Waals surface area contributed by atoms with Crippen molar-refractivity contribution in [3.05, 3.63) is 29.8 Å². The second-order valence-corrected chi connectivity index (χ2v) is 5.91. The fourth-order valence-electron chi connectivity index (χ4n) is 3.34. The van der Waals surface area contributed by atoms with Crippen molar-refractivity contribution < 1.29 is 9.59 Å². The molecular weight excluding hydrogens is 314 g/mol. The maximum atomic E-state index is 12.7. The molecule has 23 heavy (non-hydrogen) atoms. The molecule has 1 N–H and O–H groups in total. The van der Waals surface area contributed by atoms with Crippen molar-refractivity contribution in [2.45, 2.75) is 32.2 Å². The molecule has 126 valence electrons. The van der Waals surface area contributed by atoms with E-state index < -0.39 is 0 Å². The number of nitrogens with zero attached hydrogens (tertiary/aromatic N) is 2. The van der Waals surface area contributed by atoms with Crippen molar-refractivity contribution in [1.29, 1.82) is 0 Å². The average Bonchev–Trinajstić information content (AvgIpc) is 2.56. The second-order valence-electron chi connectivity index (χ2n) is 5.91. The van der Waals surface area contributed by atoms with E-state index in [2.05, 4.69) is 11.4 Å². The summed E-state index contributed by atoms with van der Waals surface area (Å²) in [7, 11) is 0. The van der Waals surface area contributed by atoms with Gasteiger partial charge >= 0.3 is 0 Å². The van der Waals surface area contributed by atoms with Gasteiger partial charge in [-0.1, -0.05) is 18.2 Å². The van der Waals surface area contributed by atoms with Gasteiger partial charge in [0.05, 0.1) is 12.5 Å². The fraction of sp³-hybridized carbons (Fsp3) is 0.529. The van der Waals surface area contributed by atoms with Crippen LogP contribution in [0, 0.1) is 0 Å². The molecule has 5 nitrogen and oxygen atoms in total. The van der Waals surface area contributed by atoms with Gasteiger partial charge in [0.25, 0.3) is 0 Å². The molecule has 1 saturated heterocycles. The first-order chi connectivity index (χ1) is 10.7. The highest BCUT2D eigenvalue weighted by molar-refractivity contribution is 5.98. The predicted octanol–water partition coefficient (Wildman–Crippen LogP) is 1.60. The molecule has 6 heteroatoms. The molecular formula is C17H24ClN3O2. The van der Waals surface area contributed by atoms with E-state index in [4.69, 9.17) is 0 Å². The molecule has 1 unspecified atom stereocenters. The number of fused-ring (bicyclic) bond motifs is 1. The van der Waals surface area contributed by atoms with Gasteiger partial charge in [0.1, 0.15) is 0 Å². The number of carbonyl (C=O) groups excluding carboxylic acids is 2. The van der Waals surface area contributed by atoms with Crippen LogP contribution in [0.3, 0.4) is 0 Å². The zero-order valence-corrected chi connectivity index (χ0v) is 14.3. The number of piperazine rings is 1. The number of hydrogen-bond donors (Lipinski definition) is 1. The minimum absolute atomic E-state index is 0. The lowest BCUT2D eigenvalue weighted by Crippen LogP contribution is -2.56. The van der Waals surface area contributed by atoms with Crippen molar-refractivity contribution >= 4 is 29.9 Å². The molecule has 1 aromatic rings. The summed E-state index contributed by atoms with van der Waals surface area (Å²) in [6.45, 7) is 4.91. The van der Waals surface area contributed by atoms with Crippen LogP contribution in [-0.2, 0) is 16.0 Å². The van der Waals surface area contributed by atoms with Crippen LogP contribution >= 0.6 is 12.4 Å². The molecule has 1 fully saturated rings. The molecule has 0 spiro atoms. The van der Waals surface area contributed by atoms with Gasteiger partial charge in [-0.25, -0.2) is 0 Å². The molecule has 3 rings (SSSR count). The Morgan fingerprint density at radius 2 is 2.09 bits per heavy atom.